The van der Waals surface area contributed by atoms with Gasteiger partial charge in [-0.1, -0.05) is 6.58 Å². The van der Waals surface area contributed by atoms with Gasteiger partial charge in [0.15, 0.2) is 5.82 Å². The number of rotatable bonds is 6. The zero-order valence-corrected chi connectivity index (χ0v) is 20.2. The number of anilines is 5. The number of fused-ring (bicyclic) bond motifs is 1. The van der Waals surface area contributed by atoms with Gasteiger partial charge in [-0.3, -0.25) is 4.79 Å². The third-order valence-electron chi connectivity index (χ3n) is 5.83. The van der Waals surface area contributed by atoms with E-state index >= 15 is 0 Å². The SMILES string of the molecule is C=CC1=C(SC)C(=O)N(C)c2cnc(Nc3ccc(N4CCNCC4)cc3OC)nc2N1C. The molecule has 0 bridgehead atoms. The topological polar surface area (TPSA) is 85.9 Å². The Morgan fingerprint density at radius 1 is 1.24 bits per heavy atom. The highest BCUT2D eigenvalue weighted by atomic mass is 32.2. The van der Waals surface area contributed by atoms with Crippen molar-refractivity contribution in [1.29, 1.82) is 0 Å². The van der Waals surface area contributed by atoms with Crippen molar-refractivity contribution >= 4 is 46.5 Å². The molecule has 0 radical (unpaired) electrons. The molecule has 1 fully saturated rings. The van der Waals surface area contributed by atoms with E-state index in [1.165, 1.54) is 11.8 Å². The minimum atomic E-state index is -0.113. The number of nitrogens with one attached hydrogen (secondary N) is 2. The average molecular weight is 468 g/mol. The molecule has 10 heteroatoms. The lowest BCUT2D eigenvalue weighted by Crippen LogP contribution is -2.43. The Kier molecular flexibility index (Phi) is 6.75. The number of carbonyl (C=O) groups excluding carboxylic acids is 1. The van der Waals surface area contributed by atoms with Crippen LogP contribution in [0.4, 0.5) is 28.8 Å². The maximum absolute atomic E-state index is 13.0. The Morgan fingerprint density at radius 3 is 2.67 bits per heavy atom. The van der Waals surface area contributed by atoms with Gasteiger partial charge in [0.05, 0.1) is 29.6 Å². The summed E-state index contributed by atoms with van der Waals surface area (Å²) < 4.78 is 5.65. The van der Waals surface area contributed by atoms with Crippen LogP contribution in [0.2, 0.25) is 0 Å². The second kappa shape index (κ2) is 9.72. The molecule has 2 aromatic rings. The molecule has 3 heterocycles. The molecule has 1 saturated heterocycles. The van der Waals surface area contributed by atoms with Crippen molar-refractivity contribution < 1.29 is 9.53 Å². The first kappa shape index (κ1) is 22.9. The van der Waals surface area contributed by atoms with Crippen molar-refractivity contribution in [3.63, 3.8) is 0 Å². The van der Waals surface area contributed by atoms with E-state index in [1.807, 2.05) is 30.3 Å². The Bertz CT molecular complexity index is 1100. The van der Waals surface area contributed by atoms with Gasteiger partial charge < -0.3 is 30.1 Å². The summed E-state index contributed by atoms with van der Waals surface area (Å²) in [5, 5.41) is 6.64. The largest absolute Gasteiger partial charge is 0.494 e. The van der Waals surface area contributed by atoms with Gasteiger partial charge in [-0.15, -0.1) is 11.8 Å². The molecule has 1 aromatic heterocycles. The van der Waals surface area contributed by atoms with E-state index in [4.69, 9.17) is 9.72 Å². The number of piperazine rings is 1. The van der Waals surface area contributed by atoms with E-state index in [-0.39, 0.29) is 5.91 Å². The summed E-state index contributed by atoms with van der Waals surface area (Å²) in [5.74, 6) is 1.61. The first-order valence-corrected chi connectivity index (χ1v) is 11.9. The molecule has 0 saturated carbocycles. The number of hydrogen-bond acceptors (Lipinski definition) is 9. The zero-order chi connectivity index (χ0) is 23.5. The summed E-state index contributed by atoms with van der Waals surface area (Å²) in [5.41, 5.74) is 3.21. The summed E-state index contributed by atoms with van der Waals surface area (Å²) in [6.07, 6.45) is 5.22. The fraction of sp³-hybridized carbons (Fsp3) is 0.348. The van der Waals surface area contributed by atoms with Crippen LogP contribution in [-0.2, 0) is 4.79 Å². The molecule has 4 rings (SSSR count). The Labute approximate surface area is 198 Å². The minimum absolute atomic E-state index is 0.113. The fourth-order valence-electron chi connectivity index (χ4n) is 3.99. The zero-order valence-electron chi connectivity index (χ0n) is 19.4. The van der Waals surface area contributed by atoms with Crippen LogP contribution in [0.25, 0.3) is 0 Å². The number of benzene rings is 1. The van der Waals surface area contributed by atoms with Crippen molar-refractivity contribution in [3.05, 3.63) is 47.7 Å². The molecule has 33 heavy (non-hydrogen) atoms. The van der Waals surface area contributed by atoms with Crippen LogP contribution < -0.4 is 30.1 Å². The summed E-state index contributed by atoms with van der Waals surface area (Å²) in [6, 6.07) is 6.08. The third-order valence-corrected chi connectivity index (χ3v) is 6.63. The Balaban J connectivity index is 1.67. The van der Waals surface area contributed by atoms with Crippen molar-refractivity contribution in [2.24, 2.45) is 0 Å². The highest BCUT2D eigenvalue weighted by molar-refractivity contribution is 8.03. The predicted octanol–water partition coefficient (Wildman–Crippen LogP) is 2.81. The van der Waals surface area contributed by atoms with Gasteiger partial charge in [0.25, 0.3) is 5.91 Å². The summed E-state index contributed by atoms with van der Waals surface area (Å²) in [7, 11) is 5.25. The lowest BCUT2D eigenvalue weighted by atomic mass is 10.2. The van der Waals surface area contributed by atoms with E-state index in [2.05, 4.69) is 33.2 Å². The monoisotopic (exact) mass is 467 g/mol. The summed E-state index contributed by atoms with van der Waals surface area (Å²) in [6.45, 7) is 7.75. The smallest absolute Gasteiger partial charge is 0.266 e. The van der Waals surface area contributed by atoms with Crippen molar-refractivity contribution in [2.75, 3.05) is 73.7 Å². The third kappa shape index (κ3) is 4.36. The van der Waals surface area contributed by atoms with Crippen LogP contribution in [0, 0.1) is 0 Å². The lowest BCUT2D eigenvalue weighted by Gasteiger charge is -2.30. The van der Waals surface area contributed by atoms with Crippen LogP contribution in [-0.4, -0.2) is 69.5 Å². The van der Waals surface area contributed by atoms with Crippen LogP contribution in [0.15, 0.2) is 47.7 Å². The van der Waals surface area contributed by atoms with Gasteiger partial charge in [-0.05, 0) is 24.5 Å². The number of ether oxygens (including phenoxy) is 1. The molecular weight excluding hydrogens is 438 g/mol. The maximum atomic E-state index is 13.0. The number of carbonyl (C=O) groups is 1. The van der Waals surface area contributed by atoms with Crippen LogP contribution in [0.3, 0.4) is 0 Å². The van der Waals surface area contributed by atoms with Gasteiger partial charge in [0.2, 0.25) is 5.95 Å². The highest BCUT2D eigenvalue weighted by Crippen LogP contribution is 2.38. The van der Waals surface area contributed by atoms with Crippen molar-refractivity contribution in [3.8, 4) is 5.75 Å². The average Bonchev–Trinajstić information content (AvgIpc) is 2.93. The summed E-state index contributed by atoms with van der Waals surface area (Å²) in [4.78, 5) is 28.5. The lowest BCUT2D eigenvalue weighted by molar-refractivity contribution is -0.114. The van der Waals surface area contributed by atoms with Gasteiger partial charge in [0, 0.05) is 52.0 Å². The highest BCUT2D eigenvalue weighted by Gasteiger charge is 2.30. The molecule has 9 nitrogen and oxygen atoms in total. The predicted molar refractivity (Wildman–Crippen MR) is 136 cm³/mol. The first-order chi connectivity index (χ1) is 16.0. The number of aromatic nitrogens is 2. The number of allylic oxidation sites excluding steroid dienone is 1. The second-order valence-corrected chi connectivity index (χ2v) is 8.51. The van der Waals surface area contributed by atoms with Crippen molar-refractivity contribution in [2.45, 2.75) is 0 Å². The first-order valence-electron chi connectivity index (χ1n) is 10.7. The molecule has 174 valence electrons. The normalized spacial score (nSPS) is 16.5. The van der Waals surface area contributed by atoms with E-state index in [0.717, 1.165) is 37.6 Å². The molecule has 2 aliphatic rings. The van der Waals surface area contributed by atoms with Crippen molar-refractivity contribution in [1.82, 2.24) is 15.3 Å². The molecule has 0 aliphatic carbocycles. The van der Waals surface area contributed by atoms with E-state index in [0.29, 0.717) is 33.8 Å². The number of nitrogens with zero attached hydrogens (tertiary/aromatic N) is 5. The molecule has 1 aromatic carbocycles. The standard InChI is InChI=1S/C23H29N7O2S/c1-6-17-20(33-5)22(31)29(3)18-14-25-23(27-21(18)28(17)2)26-16-8-7-15(13-19(16)32-4)30-11-9-24-10-12-30/h6-8,13-14,24H,1,9-12H2,2-5H3,(H,25,26,27). The van der Waals surface area contributed by atoms with E-state index in [1.54, 1.807) is 31.3 Å². The van der Waals surface area contributed by atoms with Crippen LogP contribution in [0.5, 0.6) is 5.75 Å². The minimum Gasteiger partial charge on any atom is -0.494 e. The molecular formula is C23H29N7O2S. The molecule has 0 atom stereocenters. The maximum Gasteiger partial charge on any atom is 0.266 e. The molecule has 0 spiro atoms. The number of amides is 1. The number of likely N-dealkylation sites (N-methyl/N-ethyl adjacent to an activating group) is 2. The van der Waals surface area contributed by atoms with Gasteiger partial charge >= 0.3 is 0 Å². The number of hydrogen-bond donors (Lipinski definition) is 2. The molecule has 0 unspecified atom stereocenters. The van der Waals surface area contributed by atoms with Crippen LogP contribution >= 0.6 is 11.8 Å². The van der Waals surface area contributed by atoms with Gasteiger partial charge in [0.1, 0.15) is 11.4 Å². The molecule has 1 amide bonds. The Morgan fingerprint density at radius 2 is 2.00 bits per heavy atom. The number of methoxy groups -OCH3 is 1. The summed E-state index contributed by atoms with van der Waals surface area (Å²) >= 11 is 1.39. The van der Waals surface area contributed by atoms with Crippen LogP contribution in [0.1, 0.15) is 0 Å². The second-order valence-electron chi connectivity index (χ2n) is 7.69. The number of thioether (sulfide) groups is 1. The van der Waals surface area contributed by atoms with E-state index < -0.39 is 0 Å². The quantitative estimate of drug-likeness (QED) is 0.666. The fourth-order valence-corrected chi connectivity index (χ4v) is 4.73. The van der Waals surface area contributed by atoms with Gasteiger partial charge in [-0.2, -0.15) is 4.98 Å². The molecule has 2 N–H and O–H groups in total. The van der Waals surface area contributed by atoms with E-state index in [9.17, 15) is 4.79 Å². The van der Waals surface area contributed by atoms with Gasteiger partial charge in [-0.25, -0.2) is 4.98 Å². The Hall–Kier alpha value is -3.24. The molecule has 2 aliphatic heterocycles.